The van der Waals surface area contributed by atoms with E-state index in [4.69, 9.17) is 16.1 Å². The highest BCUT2D eigenvalue weighted by Gasteiger charge is 2.31. The normalized spacial score (nSPS) is 15.4. The van der Waals surface area contributed by atoms with Crippen molar-refractivity contribution >= 4 is 38.9 Å². The standard InChI is InChI=1S/C19H19ClN4O4S2/c20-15-3-1-2-4-16(15)30(26,27)24-10-8-23(9-11-24)18(25)6-5-17-21-19(22-28-17)14-7-12-29-13-14/h1-4,7,12-13H,5-6,8-11H2. The fourth-order valence-electron chi connectivity index (χ4n) is 3.21. The minimum Gasteiger partial charge on any atom is -0.340 e. The molecule has 0 spiro atoms. The number of sulfonamides is 1. The molecule has 1 aliphatic rings. The van der Waals surface area contributed by atoms with Crippen molar-refractivity contribution in [3.05, 3.63) is 52.0 Å². The molecule has 3 heterocycles. The summed E-state index contributed by atoms with van der Waals surface area (Å²) in [7, 11) is -3.68. The number of hydrogen-bond acceptors (Lipinski definition) is 7. The van der Waals surface area contributed by atoms with E-state index in [0.717, 1.165) is 5.56 Å². The van der Waals surface area contributed by atoms with Crippen LogP contribution in [0.1, 0.15) is 12.3 Å². The van der Waals surface area contributed by atoms with E-state index in [2.05, 4.69) is 10.1 Å². The molecule has 2 aromatic heterocycles. The van der Waals surface area contributed by atoms with Gasteiger partial charge in [0, 0.05) is 50.0 Å². The van der Waals surface area contributed by atoms with E-state index < -0.39 is 10.0 Å². The van der Waals surface area contributed by atoms with Crippen LogP contribution in [0.25, 0.3) is 11.4 Å². The molecule has 4 rings (SSSR count). The van der Waals surface area contributed by atoms with E-state index >= 15 is 0 Å². The first-order valence-corrected chi connectivity index (χ1v) is 12.1. The molecule has 0 bridgehead atoms. The number of piperazine rings is 1. The Balaban J connectivity index is 1.31. The van der Waals surface area contributed by atoms with Gasteiger partial charge in [0.15, 0.2) is 0 Å². The Hall–Kier alpha value is -2.27. The number of amides is 1. The second-order valence-corrected chi connectivity index (χ2v) is 9.83. The molecule has 8 nitrogen and oxygen atoms in total. The molecule has 1 amide bonds. The van der Waals surface area contributed by atoms with Gasteiger partial charge < -0.3 is 9.42 Å². The minimum absolute atomic E-state index is 0.0694. The predicted molar refractivity (Wildman–Crippen MR) is 113 cm³/mol. The van der Waals surface area contributed by atoms with Crippen LogP contribution < -0.4 is 0 Å². The lowest BCUT2D eigenvalue weighted by Gasteiger charge is -2.34. The number of rotatable bonds is 6. The molecule has 0 saturated carbocycles. The highest BCUT2D eigenvalue weighted by molar-refractivity contribution is 7.89. The van der Waals surface area contributed by atoms with E-state index in [1.54, 1.807) is 34.4 Å². The number of benzene rings is 1. The third-order valence-corrected chi connectivity index (χ3v) is 7.93. The van der Waals surface area contributed by atoms with E-state index in [1.807, 2.05) is 16.8 Å². The van der Waals surface area contributed by atoms with Crippen LogP contribution in [-0.2, 0) is 21.2 Å². The summed E-state index contributed by atoms with van der Waals surface area (Å²) < 4.78 is 32.2. The highest BCUT2D eigenvalue weighted by Crippen LogP contribution is 2.25. The summed E-state index contributed by atoms with van der Waals surface area (Å²) in [5.41, 5.74) is 0.886. The number of nitrogens with zero attached hydrogens (tertiary/aromatic N) is 4. The Bertz CT molecular complexity index is 1120. The first-order valence-electron chi connectivity index (χ1n) is 9.33. The maximum Gasteiger partial charge on any atom is 0.244 e. The lowest BCUT2D eigenvalue weighted by Crippen LogP contribution is -2.50. The number of carbonyl (C=O) groups excluding carboxylic acids is 1. The molecule has 3 aromatic rings. The molecule has 1 aromatic carbocycles. The van der Waals surface area contributed by atoms with Crippen molar-refractivity contribution in [2.24, 2.45) is 0 Å². The van der Waals surface area contributed by atoms with E-state index in [-0.39, 0.29) is 35.3 Å². The number of thiophene rings is 1. The molecule has 0 radical (unpaired) electrons. The van der Waals surface area contributed by atoms with Gasteiger partial charge in [-0.1, -0.05) is 28.9 Å². The van der Waals surface area contributed by atoms with Crippen molar-refractivity contribution in [3.8, 4) is 11.4 Å². The van der Waals surface area contributed by atoms with Crippen LogP contribution in [0.2, 0.25) is 5.02 Å². The maximum absolute atomic E-state index is 12.8. The van der Waals surface area contributed by atoms with Gasteiger partial charge in [-0.25, -0.2) is 8.42 Å². The first kappa shape index (κ1) is 21.0. The number of hydrogen-bond donors (Lipinski definition) is 0. The molecule has 0 aliphatic carbocycles. The fourth-order valence-corrected chi connectivity index (χ4v) is 5.76. The molecule has 158 valence electrons. The summed E-state index contributed by atoms with van der Waals surface area (Å²) in [6.07, 6.45) is 0.566. The quantitative estimate of drug-likeness (QED) is 0.554. The summed E-state index contributed by atoms with van der Waals surface area (Å²) in [6.45, 7) is 1.10. The van der Waals surface area contributed by atoms with Crippen molar-refractivity contribution in [3.63, 3.8) is 0 Å². The van der Waals surface area contributed by atoms with Crippen LogP contribution in [-0.4, -0.2) is 59.8 Å². The average Bonchev–Trinajstić information content (AvgIpc) is 3.44. The van der Waals surface area contributed by atoms with Gasteiger partial charge in [0.2, 0.25) is 27.6 Å². The predicted octanol–water partition coefficient (Wildman–Crippen LogP) is 2.92. The van der Waals surface area contributed by atoms with E-state index in [0.29, 0.717) is 31.2 Å². The van der Waals surface area contributed by atoms with Gasteiger partial charge in [0.25, 0.3) is 0 Å². The lowest BCUT2D eigenvalue weighted by atomic mass is 10.2. The third-order valence-electron chi connectivity index (χ3n) is 4.85. The maximum atomic E-state index is 12.8. The van der Waals surface area contributed by atoms with Gasteiger partial charge >= 0.3 is 0 Å². The second kappa shape index (κ2) is 8.84. The Morgan fingerprint density at radius 3 is 2.63 bits per heavy atom. The Labute approximate surface area is 183 Å². The summed E-state index contributed by atoms with van der Waals surface area (Å²) >= 11 is 7.60. The highest BCUT2D eigenvalue weighted by atomic mass is 35.5. The molecule has 1 aliphatic heterocycles. The van der Waals surface area contributed by atoms with Crippen molar-refractivity contribution in [2.45, 2.75) is 17.7 Å². The number of carbonyl (C=O) groups is 1. The zero-order chi connectivity index (χ0) is 21.1. The van der Waals surface area contributed by atoms with Crippen LogP contribution in [0.4, 0.5) is 0 Å². The zero-order valence-electron chi connectivity index (χ0n) is 15.9. The van der Waals surface area contributed by atoms with Gasteiger partial charge in [-0.05, 0) is 23.6 Å². The number of aryl methyl sites for hydroxylation is 1. The van der Waals surface area contributed by atoms with Gasteiger partial charge in [-0.2, -0.15) is 20.6 Å². The molecule has 11 heteroatoms. The van der Waals surface area contributed by atoms with Crippen LogP contribution in [0.5, 0.6) is 0 Å². The van der Waals surface area contributed by atoms with E-state index in [9.17, 15) is 13.2 Å². The van der Waals surface area contributed by atoms with Crippen molar-refractivity contribution in [2.75, 3.05) is 26.2 Å². The zero-order valence-corrected chi connectivity index (χ0v) is 18.3. The topological polar surface area (TPSA) is 96.6 Å². The molecule has 30 heavy (non-hydrogen) atoms. The van der Waals surface area contributed by atoms with Gasteiger partial charge in [0.1, 0.15) is 4.90 Å². The molecular weight excluding hydrogens is 448 g/mol. The molecular formula is C19H19ClN4O4S2. The Morgan fingerprint density at radius 2 is 1.93 bits per heavy atom. The fraction of sp³-hybridized carbons (Fsp3) is 0.316. The Kier molecular flexibility index (Phi) is 6.19. The monoisotopic (exact) mass is 466 g/mol. The summed E-state index contributed by atoms with van der Waals surface area (Å²) in [6, 6.07) is 8.27. The molecule has 1 fully saturated rings. The SMILES string of the molecule is O=C(CCc1nc(-c2ccsc2)no1)N1CCN(S(=O)(=O)c2ccccc2Cl)CC1. The minimum atomic E-state index is -3.68. The van der Waals surface area contributed by atoms with Crippen molar-refractivity contribution in [1.29, 1.82) is 0 Å². The first-order chi connectivity index (χ1) is 14.4. The smallest absolute Gasteiger partial charge is 0.244 e. The van der Waals surface area contributed by atoms with Gasteiger partial charge in [0.05, 0.1) is 5.02 Å². The summed E-state index contributed by atoms with van der Waals surface area (Å²) in [5, 5.41) is 7.98. The average molecular weight is 467 g/mol. The van der Waals surface area contributed by atoms with Crippen molar-refractivity contribution in [1.82, 2.24) is 19.3 Å². The molecule has 0 N–H and O–H groups in total. The molecule has 0 unspecified atom stereocenters. The summed E-state index contributed by atoms with van der Waals surface area (Å²) in [5.74, 6) is 0.849. The lowest BCUT2D eigenvalue weighted by molar-refractivity contribution is -0.132. The molecule has 1 saturated heterocycles. The van der Waals surface area contributed by atoms with Crippen LogP contribution in [0, 0.1) is 0 Å². The van der Waals surface area contributed by atoms with Gasteiger partial charge in [-0.15, -0.1) is 0 Å². The van der Waals surface area contributed by atoms with E-state index in [1.165, 1.54) is 10.4 Å². The van der Waals surface area contributed by atoms with Crippen LogP contribution in [0.15, 0.2) is 50.5 Å². The molecule has 0 atom stereocenters. The van der Waals surface area contributed by atoms with Crippen molar-refractivity contribution < 1.29 is 17.7 Å². The number of aromatic nitrogens is 2. The van der Waals surface area contributed by atoms with Crippen LogP contribution in [0.3, 0.4) is 0 Å². The van der Waals surface area contributed by atoms with Crippen LogP contribution >= 0.6 is 22.9 Å². The third kappa shape index (κ3) is 4.41. The second-order valence-electron chi connectivity index (χ2n) is 6.74. The number of halogens is 1. The Morgan fingerprint density at radius 1 is 1.17 bits per heavy atom. The largest absolute Gasteiger partial charge is 0.340 e. The van der Waals surface area contributed by atoms with Gasteiger partial charge in [-0.3, -0.25) is 4.79 Å². The summed E-state index contributed by atoms with van der Waals surface area (Å²) in [4.78, 5) is 18.6.